The molecule has 2 fully saturated rings. The molecule has 2 aliphatic heterocycles. The van der Waals surface area contributed by atoms with Crippen LogP contribution in [0.15, 0.2) is 18.2 Å². The van der Waals surface area contributed by atoms with E-state index in [1.807, 2.05) is 6.07 Å². The average Bonchev–Trinajstić information content (AvgIpc) is 2.63. The van der Waals surface area contributed by atoms with Gasteiger partial charge in [0.25, 0.3) is 0 Å². The molecule has 0 amide bonds. The first-order valence-corrected chi connectivity index (χ1v) is 7.53. The van der Waals surface area contributed by atoms with Gasteiger partial charge < -0.3 is 10.2 Å². The molecule has 2 unspecified atom stereocenters. The molecule has 1 aromatic carbocycles. The number of hydrogen-bond acceptors (Lipinski definition) is 2. The third-order valence-electron chi connectivity index (χ3n) is 4.41. The summed E-state index contributed by atoms with van der Waals surface area (Å²) in [5, 5.41) is 4.10. The van der Waals surface area contributed by atoms with Gasteiger partial charge in [-0.05, 0) is 50.4 Å². The molecule has 2 aliphatic rings. The predicted octanol–water partition coefficient (Wildman–Crippen LogP) is 3.59. The van der Waals surface area contributed by atoms with Gasteiger partial charge >= 0.3 is 0 Å². The van der Waals surface area contributed by atoms with Crippen molar-refractivity contribution in [2.24, 2.45) is 0 Å². The van der Waals surface area contributed by atoms with E-state index in [-0.39, 0.29) is 5.82 Å². The number of piperidine rings is 1. The zero-order chi connectivity index (χ0) is 13.4. The number of rotatable bonds is 3. The molecule has 2 bridgehead atoms. The number of benzene rings is 1. The van der Waals surface area contributed by atoms with E-state index in [2.05, 4.69) is 17.1 Å². The molecular formula is C15H20ClFN2. The van der Waals surface area contributed by atoms with Gasteiger partial charge in [0, 0.05) is 18.1 Å². The Bertz CT molecular complexity index is 451. The Morgan fingerprint density at radius 1 is 1.32 bits per heavy atom. The van der Waals surface area contributed by atoms with Gasteiger partial charge in [-0.15, -0.1) is 0 Å². The Morgan fingerprint density at radius 2 is 2.00 bits per heavy atom. The summed E-state index contributed by atoms with van der Waals surface area (Å²) in [4.78, 5) is 2.43. The minimum Gasteiger partial charge on any atom is -0.364 e. The van der Waals surface area contributed by atoms with Crippen LogP contribution in [0.2, 0.25) is 5.02 Å². The third kappa shape index (κ3) is 2.46. The standard InChI is InChI=1S/C15H20ClFN2/c1-2-18-11-8-12-4-5-13(9-11)19(12)15-6-3-10(17)7-14(15)16/h3,6-7,11-13,18H,2,4-5,8-9H2,1H3. The second-order valence-corrected chi connectivity index (χ2v) is 6.02. The maximum absolute atomic E-state index is 13.2. The fraction of sp³-hybridized carbons (Fsp3) is 0.600. The Morgan fingerprint density at radius 3 is 2.58 bits per heavy atom. The molecule has 104 valence electrons. The van der Waals surface area contributed by atoms with E-state index >= 15 is 0 Å². The zero-order valence-corrected chi connectivity index (χ0v) is 12.0. The van der Waals surface area contributed by atoms with Gasteiger partial charge in [0.1, 0.15) is 5.82 Å². The molecule has 0 aliphatic carbocycles. The number of hydrogen-bond donors (Lipinski definition) is 1. The summed E-state index contributed by atoms with van der Waals surface area (Å²) >= 11 is 6.22. The molecule has 3 rings (SSSR count). The van der Waals surface area contributed by atoms with E-state index in [9.17, 15) is 4.39 Å². The van der Waals surface area contributed by atoms with Crippen LogP contribution in [0.1, 0.15) is 32.6 Å². The summed E-state index contributed by atoms with van der Waals surface area (Å²) < 4.78 is 13.2. The average molecular weight is 283 g/mol. The smallest absolute Gasteiger partial charge is 0.124 e. The molecule has 2 atom stereocenters. The first-order valence-electron chi connectivity index (χ1n) is 7.15. The first kappa shape index (κ1) is 13.2. The highest BCUT2D eigenvalue weighted by atomic mass is 35.5. The normalized spacial score (nSPS) is 29.8. The molecule has 0 saturated carbocycles. The summed E-state index contributed by atoms with van der Waals surface area (Å²) in [7, 11) is 0. The van der Waals surface area contributed by atoms with Crippen LogP contribution in [-0.2, 0) is 0 Å². The van der Waals surface area contributed by atoms with Crippen LogP contribution < -0.4 is 10.2 Å². The van der Waals surface area contributed by atoms with E-state index < -0.39 is 0 Å². The Kier molecular flexibility index (Phi) is 3.68. The van der Waals surface area contributed by atoms with E-state index in [0.29, 0.717) is 23.1 Å². The summed E-state index contributed by atoms with van der Waals surface area (Å²) in [5.41, 5.74) is 1.01. The molecule has 1 N–H and O–H groups in total. The number of halogens is 2. The lowest BCUT2D eigenvalue weighted by atomic mass is 9.96. The highest BCUT2D eigenvalue weighted by Crippen LogP contribution is 2.42. The monoisotopic (exact) mass is 282 g/mol. The van der Waals surface area contributed by atoms with Gasteiger partial charge in [-0.3, -0.25) is 0 Å². The highest BCUT2D eigenvalue weighted by Gasteiger charge is 2.41. The molecule has 1 aromatic rings. The number of nitrogens with one attached hydrogen (secondary N) is 1. The van der Waals surface area contributed by atoms with Crippen LogP contribution in [0.4, 0.5) is 10.1 Å². The van der Waals surface area contributed by atoms with Gasteiger partial charge in [-0.1, -0.05) is 18.5 Å². The van der Waals surface area contributed by atoms with Crippen molar-refractivity contribution in [2.75, 3.05) is 11.4 Å². The van der Waals surface area contributed by atoms with E-state index in [4.69, 9.17) is 11.6 Å². The Labute approximate surface area is 118 Å². The molecule has 0 spiro atoms. The summed E-state index contributed by atoms with van der Waals surface area (Å²) in [5.74, 6) is -0.261. The zero-order valence-electron chi connectivity index (χ0n) is 11.2. The second-order valence-electron chi connectivity index (χ2n) is 5.61. The van der Waals surface area contributed by atoms with Gasteiger partial charge in [0.15, 0.2) is 0 Å². The van der Waals surface area contributed by atoms with E-state index in [1.165, 1.54) is 25.0 Å². The lowest BCUT2D eigenvalue weighted by molar-refractivity contribution is 0.361. The molecule has 2 heterocycles. The molecule has 2 nitrogen and oxygen atoms in total. The molecule has 0 radical (unpaired) electrons. The lowest BCUT2D eigenvalue weighted by Crippen LogP contribution is -2.49. The van der Waals surface area contributed by atoms with Crippen LogP contribution in [0.5, 0.6) is 0 Å². The second kappa shape index (κ2) is 5.29. The fourth-order valence-electron chi connectivity index (χ4n) is 3.72. The maximum Gasteiger partial charge on any atom is 0.124 e. The number of fused-ring (bicyclic) bond motifs is 2. The number of anilines is 1. The fourth-order valence-corrected chi connectivity index (χ4v) is 3.98. The van der Waals surface area contributed by atoms with Crippen molar-refractivity contribution in [1.82, 2.24) is 5.32 Å². The van der Waals surface area contributed by atoms with Crippen molar-refractivity contribution in [3.8, 4) is 0 Å². The molecule has 19 heavy (non-hydrogen) atoms. The van der Waals surface area contributed by atoms with Gasteiger partial charge in [-0.2, -0.15) is 0 Å². The first-order chi connectivity index (χ1) is 9.19. The third-order valence-corrected chi connectivity index (χ3v) is 4.72. The van der Waals surface area contributed by atoms with Crippen molar-refractivity contribution >= 4 is 17.3 Å². The minimum atomic E-state index is -0.261. The van der Waals surface area contributed by atoms with Crippen molar-refractivity contribution < 1.29 is 4.39 Å². The SMILES string of the molecule is CCNC1CC2CCC(C1)N2c1ccc(F)cc1Cl. The van der Waals surface area contributed by atoms with Crippen molar-refractivity contribution in [3.63, 3.8) is 0 Å². The van der Waals surface area contributed by atoms with Crippen LogP contribution >= 0.6 is 11.6 Å². The Balaban J connectivity index is 1.83. The molecule has 2 saturated heterocycles. The van der Waals surface area contributed by atoms with Gasteiger partial charge in [-0.25, -0.2) is 4.39 Å². The van der Waals surface area contributed by atoms with Crippen LogP contribution in [-0.4, -0.2) is 24.7 Å². The van der Waals surface area contributed by atoms with Crippen LogP contribution in [0.25, 0.3) is 0 Å². The van der Waals surface area contributed by atoms with Gasteiger partial charge in [0.05, 0.1) is 10.7 Å². The van der Waals surface area contributed by atoms with Crippen molar-refractivity contribution in [2.45, 2.75) is 50.7 Å². The van der Waals surface area contributed by atoms with Crippen LogP contribution in [0.3, 0.4) is 0 Å². The van der Waals surface area contributed by atoms with E-state index in [1.54, 1.807) is 0 Å². The van der Waals surface area contributed by atoms with Crippen molar-refractivity contribution in [1.29, 1.82) is 0 Å². The molecule has 4 heteroatoms. The lowest BCUT2D eigenvalue weighted by Gasteiger charge is -2.41. The van der Waals surface area contributed by atoms with E-state index in [0.717, 1.165) is 25.1 Å². The maximum atomic E-state index is 13.2. The molecular weight excluding hydrogens is 263 g/mol. The number of nitrogens with zero attached hydrogens (tertiary/aromatic N) is 1. The summed E-state index contributed by atoms with van der Waals surface area (Å²) in [6, 6.07) is 6.48. The Hall–Kier alpha value is -0.800. The molecule has 0 aromatic heterocycles. The summed E-state index contributed by atoms with van der Waals surface area (Å²) in [6.45, 7) is 3.19. The van der Waals surface area contributed by atoms with Crippen molar-refractivity contribution in [3.05, 3.63) is 29.0 Å². The largest absolute Gasteiger partial charge is 0.364 e. The van der Waals surface area contributed by atoms with Crippen LogP contribution in [0, 0.1) is 5.82 Å². The minimum absolute atomic E-state index is 0.261. The van der Waals surface area contributed by atoms with Gasteiger partial charge in [0.2, 0.25) is 0 Å². The quantitative estimate of drug-likeness (QED) is 0.911. The predicted molar refractivity (Wildman–Crippen MR) is 77.4 cm³/mol. The highest BCUT2D eigenvalue weighted by molar-refractivity contribution is 6.33. The summed E-state index contributed by atoms with van der Waals surface area (Å²) in [6.07, 6.45) is 4.77. The topological polar surface area (TPSA) is 15.3 Å².